The van der Waals surface area contributed by atoms with Crippen molar-refractivity contribution in [3.05, 3.63) is 70.9 Å². The van der Waals surface area contributed by atoms with Crippen LogP contribution in [0.3, 0.4) is 0 Å². The van der Waals surface area contributed by atoms with Crippen LogP contribution >= 0.6 is 15.9 Å². The van der Waals surface area contributed by atoms with Crippen LogP contribution in [0, 0.1) is 0 Å². The van der Waals surface area contributed by atoms with Gasteiger partial charge in [0, 0.05) is 23.1 Å². The number of hydrogen-bond acceptors (Lipinski definition) is 3. The average Bonchev–Trinajstić information content (AvgIpc) is 3.35. The lowest BCUT2D eigenvalue weighted by molar-refractivity contribution is 0.0997. The molecule has 1 aromatic heterocycles. The van der Waals surface area contributed by atoms with E-state index in [2.05, 4.69) is 32.2 Å². The molecule has 1 amide bonds. The van der Waals surface area contributed by atoms with Crippen LogP contribution in [0.4, 0.5) is 11.4 Å². The predicted octanol–water partition coefficient (Wildman–Crippen LogP) is 5.56. The van der Waals surface area contributed by atoms with Crippen molar-refractivity contribution in [2.75, 3.05) is 23.3 Å². The zero-order valence-electron chi connectivity index (χ0n) is 14.2. The van der Waals surface area contributed by atoms with Crippen LogP contribution < -0.4 is 10.2 Å². The van der Waals surface area contributed by atoms with Gasteiger partial charge in [-0.25, -0.2) is 0 Å². The molecule has 1 aliphatic heterocycles. The van der Waals surface area contributed by atoms with Crippen molar-refractivity contribution in [2.45, 2.75) is 12.8 Å². The van der Waals surface area contributed by atoms with Crippen molar-refractivity contribution in [1.82, 2.24) is 0 Å². The number of benzene rings is 2. The Balaban J connectivity index is 1.53. The number of hydrogen-bond donors (Lipinski definition) is 1. The minimum atomic E-state index is -0.236. The molecule has 0 atom stereocenters. The quantitative estimate of drug-likeness (QED) is 0.611. The molecule has 0 radical (unpaired) electrons. The molecule has 0 aliphatic carbocycles. The Kier molecular flexibility index (Phi) is 4.80. The molecule has 1 fully saturated rings. The Labute approximate surface area is 160 Å². The lowest BCUT2D eigenvalue weighted by Crippen LogP contribution is -2.20. The summed E-state index contributed by atoms with van der Waals surface area (Å²) in [5, 5.41) is 3.00. The third-order valence-corrected chi connectivity index (χ3v) is 5.09. The van der Waals surface area contributed by atoms with Crippen molar-refractivity contribution in [2.24, 2.45) is 0 Å². The lowest BCUT2D eigenvalue weighted by atomic mass is 10.2. The molecule has 0 saturated carbocycles. The standard InChI is InChI=1S/C21H19BrN2O2/c22-16-9-7-15(8-10-16)19-11-12-20(26-19)21(25)23-17-5-1-2-6-18(17)24-13-3-4-14-24/h1-2,5-12H,3-4,13-14H2,(H,23,25). The summed E-state index contributed by atoms with van der Waals surface area (Å²) in [4.78, 5) is 15.0. The molecule has 4 nitrogen and oxygen atoms in total. The zero-order chi connectivity index (χ0) is 17.9. The van der Waals surface area contributed by atoms with Gasteiger partial charge in [-0.3, -0.25) is 4.79 Å². The van der Waals surface area contributed by atoms with Crippen molar-refractivity contribution in [1.29, 1.82) is 0 Å². The largest absolute Gasteiger partial charge is 0.451 e. The zero-order valence-corrected chi connectivity index (χ0v) is 15.8. The number of carbonyl (C=O) groups excluding carboxylic acids is 1. The average molecular weight is 411 g/mol. The summed E-state index contributed by atoms with van der Waals surface area (Å²) in [5.74, 6) is 0.745. The van der Waals surface area contributed by atoms with E-state index in [0.717, 1.165) is 34.5 Å². The fourth-order valence-electron chi connectivity index (χ4n) is 3.23. The van der Waals surface area contributed by atoms with E-state index in [1.807, 2.05) is 48.5 Å². The van der Waals surface area contributed by atoms with Crippen LogP contribution in [0.1, 0.15) is 23.4 Å². The van der Waals surface area contributed by atoms with Gasteiger partial charge < -0.3 is 14.6 Å². The number of halogens is 1. The van der Waals surface area contributed by atoms with Crippen molar-refractivity contribution < 1.29 is 9.21 Å². The molecule has 5 heteroatoms. The highest BCUT2D eigenvalue weighted by molar-refractivity contribution is 9.10. The Morgan fingerprint density at radius 1 is 0.962 bits per heavy atom. The molecule has 1 saturated heterocycles. The number of nitrogens with one attached hydrogen (secondary N) is 1. The predicted molar refractivity (Wildman–Crippen MR) is 108 cm³/mol. The van der Waals surface area contributed by atoms with Crippen molar-refractivity contribution in [3.63, 3.8) is 0 Å². The van der Waals surface area contributed by atoms with E-state index in [9.17, 15) is 4.79 Å². The van der Waals surface area contributed by atoms with Gasteiger partial charge in [0.05, 0.1) is 11.4 Å². The number of para-hydroxylation sites is 2. The summed E-state index contributed by atoms with van der Waals surface area (Å²) < 4.78 is 6.77. The van der Waals surface area contributed by atoms with Crippen molar-refractivity contribution >= 4 is 33.2 Å². The second-order valence-corrected chi connectivity index (χ2v) is 7.25. The fraction of sp³-hybridized carbons (Fsp3) is 0.190. The number of rotatable bonds is 4. The van der Waals surface area contributed by atoms with E-state index in [-0.39, 0.29) is 5.91 Å². The molecular weight excluding hydrogens is 392 g/mol. The summed E-state index contributed by atoms with van der Waals surface area (Å²) in [6, 6.07) is 19.3. The molecule has 0 unspecified atom stereocenters. The molecule has 26 heavy (non-hydrogen) atoms. The highest BCUT2D eigenvalue weighted by Gasteiger charge is 2.18. The van der Waals surface area contributed by atoms with Crippen LogP contribution in [-0.2, 0) is 0 Å². The number of carbonyl (C=O) groups is 1. The van der Waals surface area contributed by atoms with E-state index in [1.54, 1.807) is 6.07 Å². The van der Waals surface area contributed by atoms with Crippen molar-refractivity contribution in [3.8, 4) is 11.3 Å². The minimum Gasteiger partial charge on any atom is -0.451 e. The van der Waals surface area contributed by atoms with Crippen LogP contribution in [0.5, 0.6) is 0 Å². The molecule has 2 aromatic carbocycles. The summed E-state index contributed by atoms with van der Waals surface area (Å²) in [6.45, 7) is 2.06. The lowest BCUT2D eigenvalue weighted by Gasteiger charge is -2.21. The van der Waals surface area contributed by atoms with E-state index in [1.165, 1.54) is 12.8 Å². The van der Waals surface area contributed by atoms with Gasteiger partial charge in [-0.2, -0.15) is 0 Å². The monoisotopic (exact) mass is 410 g/mol. The SMILES string of the molecule is O=C(Nc1ccccc1N1CCCC1)c1ccc(-c2ccc(Br)cc2)o1. The topological polar surface area (TPSA) is 45.5 Å². The van der Waals surface area contributed by atoms with Gasteiger partial charge in [-0.05, 0) is 49.2 Å². The molecule has 3 aromatic rings. The molecule has 0 bridgehead atoms. The Hall–Kier alpha value is -2.53. The smallest absolute Gasteiger partial charge is 0.291 e. The Morgan fingerprint density at radius 2 is 1.69 bits per heavy atom. The van der Waals surface area contributed by atoms with E-state index in [4.69, 9.17) is 4.42 Å². The van der Waals surface area contributed by atoms with Crippen LogP contribution in [-0.4, -0.2) is 19.0 Å². The maximum atomic E-state index is 12.6. The molecule has 1 aliphatic rings. The normalized spacial score (nSPS) is 13.8. The molecule has 1 N–H and O–H groups in total. The Bertz CT molecular complexity index is 912. The maximum absolute atomic E-state index is 12.6. The fourth-order valence-corrected chi connectivity index (χ4v) is 3.49. The van der Waals surface area contributed by atoms with Gasteiger partial charge in [-0.1, -0.05) is 40.2 Å². The summed E-state index contributed by atoms with van der Waals surface area (Å²) in [6.07, 6.45) is 2.38. The van der Waals surface area contributed by atoms with E-state index < -0.39 is 0 Å². The van der Waals surface area contributed by atoms with Gasteiger partial charge >= 0.3 is 0 Å². The summed E-state index contributed by atoms with van der Waals surface area (Å²) in [5.41, 5.74) is 2.82. The summed E-state index contributed by atoms with van der Waals surface area (Å²) >= 11 is 3.42. The number of anilines is 2. The number of amides is 1. The highest BCUT2D eigenvalue weighted by Crippen LogP contribution is 2.30. The first-order valence-corrected chi connectivity index (χ1v) is 9.51. The second kappa shape index (κ2) is 7.38. The van der Waals surface area contributed by atoms with Gasteiger partial charge in [0.2, 0.25) is 0 Å². The molecule has 132 valence electrons. The third kappa shape index (κ3) is 3.53. The second-order valence-electron chi connectivity index (χ2n) is 6.34. The first-order valence-electron chi connectivity index (χ1n) is 8.72. The molecular formula is C21H19BrN2O2. The minimum absolute atomic E-state index is 0.236. The van der Waals surface area contributed by atoms with Crippen LogP contribution in [0.15, 0.2) is 69.6 Å². The molecule has 4 rings (SSSR count). The van der Waals surface area contributed by atoms with Gasteiger partial charge in [-0.15, -0.1) is 0 Å². The first kappa shape index (κ1) is 16.9. The third-order valence-electron chi connectivity index (χ3n) is 4.56. The molecule has 2 heterocycles. The molecule has 0 spiro atoms. The Morgan fingerprint density at radius 3 is 2.46 bits per heavy atom. The summed E-state index contributed by atoms with van der Waals surface area (Å²) in [7, 11) is 0. The first-order chi connectivity index (χ1) is 12.7. The van der Waals surface area contributed by atoms with E-state index >= 15 is 0 Å². The number of nitrogens with zero attached hydrogens (tertiary/aromatic N) is 1. The van der Waals surface area contributed by atoms with Gasteiger partial charge in [0.25, 0.3) is 5.91 Å². The highest BCUT2D eigenvalue weighted by atomic mass is 79.9. The van der Waals surface area contributed by atoms with Gasteiger partial charge in [0.15, 0.2) is 5.76 Å². The van der Waals surface area contributed by atoms with Crippen LogP contribution in [0.25, 0.3) is 11.3 Å². The van der Waals surface area contributed by atoms with Crippen LogP contribution in [0.2, 0.25) is 0 Å². The number of furan rings is 1. The van der Waals surface area contributed by atoms with Gasteiger partial charge in [0.1, 0.15) is 5.76 Å². The van der Waals surface area contributed by atoms with E-state index in [0.29, 0.717) is 11.5 Å². The maximum Gasteiger partial charge on any atom is 0.291 e.